The largest absolute Gasteiger partial charge is 0.381 e. The molecule has 7 heteroatoms. The highest BCUT2D eigenvalue weighted by molar-refractivity contribution is 7.80. The van der Waals surface area contributed by atoms with Crippen molar-refractivity contribution in [2.75, 3.05) is 43.1 Å². The Balaban J connectivity index is 1.36. The third kappa shape index (κ3) is 5.72. The summed E-state index contributed by atoms with van der Waals surface area (Å²) in [5, 5.41) is 8.10. The molecule has 5 nitrogen and oxygen atoms in total. The summed E-state index contributed by atoms with van der Waals surface area (Å²) in [5.74, 6) is 2.44. The lowest BCUT2D eigenvalue weighted by Gasteiger charge is -2.38. The van der Waals surface area contributed by atoms with Gasteiger partial charge in [0.25, 0.3) is 0 Å². The van der Waals surface area contributed by atoms with Crippen molar-refractivity contribution in [3.05, 3.63) is 53.2 Å². The van der Waals surface area contributed by atoms with Gasteiger partial charge in [-0.1, -0.05) is 37.6 Å². The molecule has 1 aromatic carbocycles. The molecule has 0 bridgehead atoms. The standard InChI is InChI=1S/C25H33ClN4OS/c1-18-13-19(2)16-30(15-18)23-8-7-22(14-27-23)29-24(32)28-17-25(9-11-31-12-10-25)20-3-5-21(26)6-4-20/h3-8,14,18-19H,9-13,15-17H2,1-2H3,(H2,28,29,32)/t18-,19+. The van der Waals surface area contributed by atoms with Gasteiger partial charge in [0.05, 0.1) is 11.9 Å². The molecule has 0 radical (unpaired) electrons. The highest BCUT2D eigenvalue weighted by Gasteiger charge is 2.34. The normalized spacial score (nSPS) is 22.9. The smallest absolute Gasteiger partial charge is 0.170 e. The number of benzene rings is 1. The van der Waals surface area contributed by atoms with E-state index in [0.717, 1.165) is 62.2 Å². The van der Waals surface area contributed by atoms with Crippen molar-refractivity contribution >= 4 is 40.4 Å². The van der Waals surface area contributed by atoms with Crippen molar-refractivity contribution in [3.63, 3.8) is 0 Å². The first-order valence-corrected chi connectivity index (χ1v) is 12.3. The summed E-state index contributed by atoms with van der Waals surface area (Å²) in [5.41, 5.74) is 2.16. The van der Waals surface area contributed by atoms with Crippen LogP contribution in [0.4, 0.5) is 11.5 Å². The molecule has 4 rings (SSSR count). The maximum atomic E-state index is 6.11. The number of rotatable bonds is 5. The first-order valence-electron chi connectivity index (χ1n) is 11.5. The molecular formula is C25H33ClN4OS. The zero-order valence-corrected chi connectivity index (χ0v) is 20.5. The third-order valence-corrected chi connectivity index (χ3v) is 7.19. The van der Waals surface area contributed by atoms with Crippen LogP contribution in [0.2, 0.25) is 5.02 Å². The van der Waals surface area contributed by atoms with Crippen LogP contribution in [0.25, 0.3) is 0 Å². The van der Waals surface area contributed by atoms with Crippen molar-refractivity contribution in [1.82, 2.24) is 10.3 Å². The van der Waals surface area contributed by atoms with E-state index in [1.165, 1.54) is 12.0 Å². The Morgan fingerprint density at radius 3 is 2.44 bits per heavy atom. The lowest BCUT2D eigenvalue weighted by Crippen LogP contribution is -2.45. The molecule has 2 aromatic rings. The SMILES string of the molecule is C[C@@H]1C[C@H](C)CN(c2ccc(NC(=S)NCC3(c4ccc(Cl)cc4)CCOCC3)cn2)C1. The minimum Gasteiger partial charge on any atom is -0.381 e. The van der Waals surface area contributed by atoms with Crippen LogP contribution in [0.5, 0.6) is 0 Å². The Kier molecular flexibility index (Phi) is 7.54. The molecule has 0 aliphatic carbocycles. The van der Waals surface area contributed by atoms with Gasteiger partial charge in [-0.3, -0.25) is 0 Å². The fourth-order valence-electron chi connectivity index (χ4n) is 5.05. The molecule has 2 saturated heterocycles. The Bertz CT molecular complexity index is 889. The van der Waals surface area contributed by atoms with E-state index in [-0.39, 0.29) is 5.41 Å². The van der Waals surface area contributed by atoms with E-state index >= 15 is 0 Å². The molecule has 2 aliphatic rings. The van der Waals surface area contributed by atoms with Gasteiger partial charge in [0.1, 0.15) is 5.82 Å². The van der Waals surface area contributed by atoms with E-state index in [0.29, 0.717) is 16.9 Å². The van der Waals surface area contributed by atoms with Gasteiger partial charge in [0, 0.05) is 43.3 Å². The monoisotopic (exact) mass is 472 g/mol. The molecule has 2 atom stereocenters. The third-order valence-electron chi connectivity index (χ3n) is 6.69. The number of nitrogens with one attached hydrogen (secondary N) is 2. The van der Waals surface area contributed by atoms with Crippen LogP contribution >= 0.6 is 23.8 Å². The van der Waals surface area contributed by atoms with Gasteiger partial charge in [-0.2, -0.15) is 0 Å². The van der Waals surface area contributed by atoms with E-state index in [9.17, 15) is 0 Å². The predicted molar refractivity (Wildman–Crippen MR) is 137 cm³/mol. The van der Waals surface area contributed by atoms with Crippen LogP contribution in [0.15, 0.2) is 42.6 Å². The van der Waals surface area contributed by atoms with Gasteiger partial charge >= 0.3 is 0 Å². The Labute approximate surface area is 201 Å². The average molecular weight is 473 g/mol. The summed E-state index contributed by atoms with van der Waals surface area (Å²) in [6, 6.07) is 12.3. The highest BCUT2D eigenvalue weighted by Crippen LogP contribution is 2.35. The van der Waals surface area contributed by atoms with Crippen molar-refractivity contribution in [2.45, 2.75) is 38.5 Å². The fourth-order valence-corrected chi connectivity index (χ4v) is 5.37. The van der Waals surface area contributed by atoms with Gasteiger partial charge < -0.3 is 20.3 Å². The topological polar surface area (TPSA) is 49.4 Å². The maximum Gasteiger partial charge on any atom is 0.170 e. The summed E-state index contributed by atoms with van der Waals surface area (Å²) >= 11 is 11.7. The molecule has 0 saturated carbocycles. The van der Waals surface area contributed by atoms with Crippen LogP contribution in [0.3, 0.4) is 0 Å². The first-order chi connectivity index (χ1) is 15.4. The Morgan fingerprint density at radius 1 is 1.12 bits per heavy atom. The number of aromatic nitrogens is 1. The average Bonchev–Trinajstić information content (AvgIpc) is 2.79. The van der Waals surface area contributed by atoms with E-state index in [1.807, 2.05) is 18.3 Å². The lowest BCUT2D eigenvalue weighted by molar-refractivity contribution is 0.0515. The molecule has 32 heavy (non-hydrogen) atoms. The second-order valence-corrected chi connectivity index (χ2v) is 10.3. The van der Waals surface area contributed by atoms with Crippen molar-refractivity contribution < 1.29 is 4.74 Å². The van der Waals surface area contributed by atoms with Gasteiger partial charge in [-0.05, 0) is 73.1 Å². The molecule has 2 aliphatic heterocycles. The molecule has 0 unspecified atom stereocenters. The minimum absolute atomic E-state index is 0.0155. The maximum absolute atomic E-state index is 6.11. The fraction of sp³-hybridized carbons (Fsp3) is 0.520. The minimum atomic E-state index is -0.0155. The second-order valence-electron chi connectivity index (χ2n) is 9.46. The summed E-state index contributed by atoms with van der Waals surface area (Å²) in [6.45, 7) is 9.03. The number of piperidine rings is 1. The van der Waals surface area contributed by atoms with Crippen LogP contribution in [0, 0.1) is 11.8 Å². The van der Waals surface area contributed by atoms with Crippen molar-refractivity contribution in [1.29, 1.82) is 0 Å². The van der Waals surface area contributed by atoms with Crippen LogP contribution in [0.1, 0.15) is 38.7 Å². The lowest BCUT2D eigenvalue weighted by atomic mass is 9.74. The van der Waals surface area contributed by atoms with E-state index < -0.39 is 0 Å². The van der Waals surface area contributed by atoms with Crippen molar-refractivity contribution in [2.24, 2.45) is 11.8 Å². The first kappa shape index (κ1) is 23.3. The summed E-state index contributed by atoms with van der Waals surface area (Å²) in [6.07, 6.45) is 5.07. The molecule has 2 fully saturated rings. The number of halogens is 1. The summed E-state index contributed by atoms with van der Waals surface area (Å²) in [7, 11) is 0. The molecule has 3 heterocycles. The number of anilines is 2. The molecule has 2 N–H and O–H groups in total. The number of pyridine rings is 1. The zero-order chi connectivity index (χ0) is 22.6. The number of hydrogen-bond acceptors (Lipinski definition) is 4. The molecule has 1 aromatic heterocycles. The van der Waals surface area contributed by atoms with Gasteiger partial charge in [0.2, 0.25) is 0 Å². The van der Waals surface area contributed by atoms with E-state index in [4.69, 9.17) is 33.5 Å². The Hall–Kier alpha value is -1.89. The number of thiocarbonyl (C=S) groups is 1. The molecule has 0 spiro atoms. The Morgan fingerprint density at radius 2 is 1.81 bits per heavy atom. The quantitative estimate of drug-likeness (QED) is 0.579. The van der Waals surface area contributed by atoms with Gasteiger partial charge in [-0.15, -0.1) is 0 Å². The number of ether oxygens (including phenoxy) is 1. The summed E-state index contributed by atoms with van der Waals surface area (Å²) < 4.78 is 5.63. The number of nitrogens with zero attached hydrogens (tertiary/aromatic N) is 2. The van der Waals surface area contributed by atoms with Crippen LogP contribution in [-0.4, -0.2) is 42.9 Å². The molecule has 0 amide bonds. The van der Waals surface area contributed by atoms with Gasteiger partial charge in [0.15, 0.2) is 5.11 Å². The predicted octanol–water partition coefficient (Wildman–Crippen LogP) is 5.25. The van der Waals surface area contributed by atoms with Crippen molar-refractivity contribution in [3.8, 4) is 0 Å². The second kappa shape index (κ2) is 10.4. The number of hydrogen-bond donors (Lipinski definition) is 2. The van der Waals surface area contributed by atoms with Crippen LogP contribution < -0.4 is 15.5 Å². The zero-order valence-electron chi connectivity index (χ0n) is 18.9. The highest BCUT2D eigenvalue weighted by atomic mass is 35.5. The molecular weight excluding hydrogens is 440 g/mol. The summed E-state index contributed by atoms with van der Waals surface area (Å²) in [4.78, 5) is 7.08. The van der Waals surface area contributed by atoms with Crippen LogP contribution in [-0.2, 0) is 10.2 Å². The van der Waals surface area contributed by atoms with E-state index in [2.05, 4.69) is 53.6 Å². The molecule has 172 valence electrons. The van der Waals surface area contributed by atoms with E-state index in [1.54, 1.807) is 0 Å². The van der Waals surface area contributed by atoms with Gasteiger partial charge in [-0.25, -0.2) is 4.98 Å².